The third-order valence-electron chi connectivity index (χ3n) is 3.39. The van der Waals surface area contributed by atoms with Crippen molar-refractivity contribution in [2.24, 2.45) is 0 Å². The summed E-state index contributed by atoms with van der Waals surface area (Å²) in [7, 11) is 1.45. The first kappa shape index (κ1) is 17.7. The molecule has 0 aliphatic rings. The predicted octanol–water partition coefficient (Wildman–Crippen LogP) is 4.10. The second-order valence-corrected chi connectivity index (χ2v) is 6.21. The molecule has 0 bridgehead atoms. The van der Waals surface area contributed by atoms with Crippen molar-refractivity contribution in [2.45, 2.75) is 6.61 Å². The highest BCUT2D eigenvalue weighted by Gasteiger charge is 2.15. The standard InChI is InChI=1S/C18H14FNO5S/c1-23-13-5-4-12(19)9-11(13)10-25-18(22)15-6-7-16(26-15)20-17(21)14-3-2-8-24-14/h2-9H,10H2,1H3,(H,20,21). The van der Waals surface area contributed by atoms with Gasteiger partial charge in [-0.3, -0.25) is 4.79 Å². The monoisotopic (exact) mass is 375 g/mol. The van der Waals surface area contributed by atoms with Gasteiger partial charge in [0.05, 0.1) is 18.4 Å². The summed E-state index contributed by atoms with van der Waals surface area (Å²) in [6.45, 7) is -0.133. The highest BCUT2D eigenvalue weighted by atomic mass is 32.1. The third-order valence-corrected chi connectivity index (χ3v) is 4.37. The Labute approximate surface area is 152 Å². The number of furan rings is 1. The molecule has 1 aromatic carbocycles. The third kappa shape index (κ3) is 4.09. The predicted molar refractivity (Wildman–Crippen MR) is 93.1 cm³/mol. The van der Waals surface area contributed by atoms with E-state index < -0.39 is 17.7 Å². The van der Waals surface area contributed by atoms with E-state index in [2.05, 4.69) is 5.32 Å². The van der Waals surface area contributed by atoms with E-state index in [9.17, 15) is 14.0 Å². The Balaban J connectivity index is 1.62. The van der Waals surface area contributed by atoms with Gasteiger partial charge in [0, 0.05) is 5.56 Å². The van der Waals surface area contributed by atoms with E-state index in [1.54, 1.807) is 12.1 Å². The second-order valence-electron chi connectivity index (χ2n) is 5.13. The average Bonchev–Trinajstić information content (AvgIpc) is 3.31. The molecular weight excluding hydrogens is 361 g/mol. The van der Waals surface area contributed by atoms with E-state index in [1.165, 1.54) is 43.7 Å². The van der Waals surface area contributed by atoms with Gasteiger partial charge in [0.1, 0.15) is 23.1 Å². The van der Waals surface area contributed by atoms with E-state index >= 15 is 0 Å². The topological polar surface area (TPSA) is 77.8 Å². The highest BCUT2D eigenvalue weighted by Crippen LogP contribution is 2.25. The lowest BCUT2D eigenvalue weighted by Crippen LogP contribution is -2.09. The van der Waals surface area contributed by atoms with E-state index in [-0.39, 0.29) is 12.4 Å². The van der Waals surface area contributed by atoms with Crippen LogP contribution < -0.4 is 10.1 Å². The summed E-state index contributed by atoms with van der Waals surface area (Å²) in [6.07, 6.45) is 1.40. The number of nitrogens with one attached hydrogen (secondary N) is 1. The molecule has 3 aromatic rings. The molecule has 0 saturated heterocycles. The minimum Gasteiger partial charge on any atom is -0.496 e. The zero-order chi connectivity index (χ0) is 18.5. The van der Waals surface area contributed by atoms with Crippen molar-refractivity contribution in [3.8, 4) is 5.75 Å². The van der Waals surface area contributed by atoms with Crippen molar-refractivity contribution in [1.82, 2.24) is 0 Å². The molecule has 0 fully saturated rings. The number of hydrogen-bond donors (Lipinski definition) is 1. The fraction of sp³-hybridized carbons (Fsp3) is 0.111. The minimum absolute atomic E-state index is 0.133. The van der Waals surface area contributed by atoms with Crippen molar-refractivity contribution < 1.29 is 27.9 Å². The van der Waals surface area contributed by atoms with Crippen LogP contribution in [-0.2, 0) is 11.3 Å². The summed E-state index contributed by atoms with van der Waals surface area (Å²) in [5.41, 5.74) is 0.420. The number of anilines is 1. The lowest BCUT2D eigenvalue weighted by Gasteiger charge is -2.08. The number of carbonyl (C=O) groups excluding carboxylic acids is 2. The van der Waals surface area contributed by atoms with Crippen LogP contribution in [-0.4, -0.2) is 19.0 Å². The maximum atomic E-state index is 13.3. The Bertz CT molecular complexity index is 920. The normalized spacial score (nSPS) is 10.4. The van der Waals surface area contributed by atoms with Crippen molar-refractivity contribution in [3.63, 3.8) is 0 Å². The summed E-state index contributed by atoms with van der Waals surface area (Å²) in [5, 5.41) is 3.10. The Hall–Kier alpha value is -3.13. The van der Waals surface area contributed by atoms with E-state index in [1.807, 2.05) is 0 Å². The molecule has 134 valence electrons. The summed E-state index contributed by atoms with van der Waals surface area (Å²) < 4.78 is 28.6. The van der Waals surface area contributed by atoms with Gasteiger partial charge < -0.3 is 19.2 Å². The van der Waals surface area contributed by atoms with Crippen molar-refractivity contribution in [2.75, 3.05) is 12.4 Å². The average molecular weight is 375 g/mol. The molecule has 0 unspecified atom stereocenters. The molecule has 2 aromatic heterocycles. The Morgan fingerprint density at radius 2 is 2.08 bits per heavy atom. The van der Waals surface area contributed by atoms with Crippen LogP contribution in [0.2, 0.25) is 0 Å². The summed E-state index contributed by atoms with van der Waals surface area (Å²) in [6, 6.07) is 10.2. The molecule has 1 N–H and O–H groups in total. The van der Waals surface area contributed by atoms with Crippen LogP contribution in [0.3, 0.4) is 0 Å². The van der Waals surface area contributed by atoms with Crippen LogP contribution in [0, 0.1) is 5.82 Å². The largest absolute Gasteiger partial charge is 0.496 e. The molecule has 8 heteroatoms. The fourth-order valence-corrected chi connectivity index (χ4v) is 2.97. The maximum absolute atomic E-state index is 13.3. The Kier molecular flexibility index (Phi) is 5.33. The second kappa shape index (κ2) is 7.83. The number of hydrogen-bond acceptors (Lipinski definition) is 6. The molecule has 2 heterocycles. The summed E-state index contributed by atoms with van der Waals surface area (Å²) in [4.78, 5) is 24.4. The van der Waals surface area contributed by atoms with Crippen LogP contribution >= 0.6 is 11.3 Å². The molecule has 26 heavy (non-hydrogen) atoms. The van der Waals surface area contributed by atoms with Gasteiger partial charge in [-0.25, -0.2) is 9.18 Å². The number of halogens is 1. The van der Waals surface area contributed by atoms with Crippen LogP contribution in [0.1, 0.15) is 25.8 Å². The molecule has 0 radical (unpaired) electrons. The van der Waals surface area contributed by atoms with Gasteiger partial charge in [-0.05, 0) is 42.5 Å². The number of carbonyl (C=O) groups is 2. The van der Waals surface area contributed by atoms with E-state index in [0.717, 1.165) is 11.3 Å². The van der Waals surface area contributed by atoms with Crippen molar-refractivity contribution in [1.29, 1.82) is 0 Å². The van der Waals surface area contributed by atoms with Gasteiger partial charge >= 0.3 is 5.97 Å². The summed E-state index contributed by atoms with van der Waals surface area (Å²) in [5.74, 6) is -0.852. The highest BCUT2D eigenvalue weighted by molar-refractivity contribution is 7.18. The smallest absolute Gasteiger partial charge is 0.348 e. The van der Waals surface area contributed by atoms with Crippen molar-refractivity contribution in [3.05, 3.63) is 70.7 Å². The Morgan fingerprint density at radius 3 is 2.81 bits per heavy atom. The number of amides is 1. The van der Waals surface area contributed by atoms with Gasteiger partial charge in [-0.1, -0.05) is 0 Å². The van der Waals surface area contributed by atoms with Crippen molar-refractivity contribution >= 4 is 28.2 Å². The molecule has 3 rings (SSSR count). The zero-order valence-electron chi connectivity index (χ0n) is 13.7. The van der Waals surface area contributed by atoms with Gasteiger partial charge in [-0.15, -0.1) is 11.3 Å². The molecule has 0 atom stereocenters. The van der Waals surface area contributed by atoms with Crippen LogP contribution in [0.15, 0.2) is 53.1 Å². The number of benzene rings is 1. The number of methoxy groups -OCH3 is 1. The first-order valence-corrected chi connectivity index (χ1v) is 8.32. The first-order chi connectivity index (χ1) is 12.6. The van der Waals surface area contributed by atoms with Gasteiger partial charge in [0.25, 0.3) is 5.91 Å². The molecule has 6 nitrogen and oxygen atoms in total. The van der Waals surface area contributed by atoms with Crippen LogP contribution in [0.25, 0.3) is 0 Å². The van der Waals surface area contributed by atoms with E-state index in [4.69, 9.17) is 13.9 Å². The lowest BCUT2D eigenvalue weighted by atomic mass is 10.2. The molecule has 0 spiro atoms. The fourth-order valence-electron chi connectivity index (χ4n) is 2.17. The molecular formula is C18H14FNO5S. The van der Waals surface area contributed by atoms with Crippen LogP contribution in [0.5, 0.6) is 5.75 Å². The number of rotatable bonds is 6. The van der Waals surface area contributed by atoms with Crippen LogP contribution in [0.4, 0.5) is 9.39 Å². The van der Waals surface area contributed by atoms with Gasteiger partial charge in [0.2, 0.25) is 0 Å². The first-order valence-electron chi connectivity index (χ1n) is 7.51. The minimum atomic E-state index is -0.584. The van der Waals surface area contributed by atoms with E-state index in [0.29, 0.717) is 21.2 Å². The molecule has 1 amide bonds. The summed E-state index contributed by atoms with van der Waals surface area (Å²) >= 11 is 1.06. The molecule has 0 saturated carbocycles. The Morgan fingerprint density at radius 1 is 1.23 bits per heavy atom. The number of esters is 1. The maximum Gasteiger partial charge on any atom is 0.348 e. The lowest BCUT2D eigenvalue weighted by molar-refractivity contribution is 0.0475. The molecule has 0 aliphatic carbocycles. The van der Waals surface area contributed by atoms with Gasteiger partial charge in [-0.2, -0.15) is 0 Å². The SMILES string of the molecule is COc1ccc(F)cc1COC(=O)c1ccc(NC(=O)c2ccco2)s1. The zero-order valence-corrected chi connectivity index (χ0v) is 14.5. The number of ether oxygens (including phenoxy) is 2. The van der Waals surface area contributed by atoms with Gasteiger partial charge in [0.15, 0.2) is 5.76 Å². The molecule has 0 aliphatic heterocycles. The quantitative estimate of drug-likeness (QED) is 0.657. The number of thiophene rings is 1.